The highest BCUT2D eigenvalue weighted by Crippen LogP contribution is 2.33. The van der Waals surface area contributed by atoms with Gasteiger partial charge in [-0.3, -0.25) is 19.8 Å². The molecule has 2 aromatic carbocycles. The molecule has 0 aliphatic carbocycles. The van der Waals surface area contributed by atoms with Crippen molar-refractivity contribution < 1.29 is 15.1 Å². The van der Waals surface area contributed by atoms with Gasteiger partial charge in [-0.1, -0.05) is 36.4 Å². The number of carbonyl (C=O) groups excluding carboxylic acids is 1. The highest BCUT2D eigenvalue weighted by atomic mass is 16.5. The van der Waals surface area contributed by atoms with E-state index >= 15 is 0 Å². The predicted octanol–water partition coefficient (Wildman–Crippen LogP) is 2.94. The van der Waals surface area contributed by atoms with E-state index in [1.54, 1.807) is 54.3 Å². The van der Waals surface area contributed by atoms with Crippen LogP contribution in [-0.4, -0.2) is 25.8 Å². The van der Waals surface area contributed by atoms with Crippen molar-refractivity contribution in [3.05, 3.63) is 94.5 Å². The number of aromatic nitrogens is 2. The van der Waals surface area contributed by atoms with Crippen LogP contribution in [0, 0.1) is 0 Å². The van der Waals surface area contributed by atoms with Gasteiger partial charge in [0.15, 0.2) is 5.75 Å². The first-order valence-electron chi connectivity index (χ1n) is 8.88. The first-order chi connectivity index (χ1) is 14.1. The molecule has 0 radical (unpaired) electrons. The summed E-state index contributed by atoms with van der Waals surface area (Å²) < 4.78 is 1.49. The molecule has 0 atom stereocenters. The molecule has 3 N–H and O–H groups in total. The van der Waals surface area contributed by atoms with E-state index in [-0.39, 0.29) is 12.3 Å². The number of fused-ring (bicyclic) bond motifs is 1. The Labute approximate surface area is 165 Å². The summed E-state index contributed by atoms with van der Waals surface area (Å²) in [5.74, 6) is -0.953. The highest BCUT2D eigenvalue weighted by molar-refractivity contribution is 5.97. The zero-order valence-electron chi connectivity index (χ0n) is 15.2. The van der Waals surface area contributed by atoms with Gasteiger partial charge in [0.05, 0.1) is 12.1 Å². The Morgan fingerprint density at radius 2 is 1.79 bits per heavy atom. The summed E-state index contributed by atoms with van der Waals surface area (Å²) in [6, 6.07) is 17.4. The molecule has 7 nitrogen and oxygen atoms in total. The third kappa shape index (κ3) is 3.35. The van der Waals surface area contributed by atoms with Gasteiger partial charge in [0.25, 0.3) is 11.5 Å². The number of hydroxylamine groups is 1. The number of amides is 1. The van der Waals surface area contributed by atoms with Crippen molar-refractivity contribution in [3.8, 4) is 16.9 Å². The Morgan fingerprint density at radius 3 is 2.48 bits per heavy atom. The van der Waals surface area contributed by atoms with Crippen molar-refractivity contribution in [3.63, 3.8) is 0 Å². The van der Waals surface area contributed by atoms with Gasteiger partial charge in [0.1, 0.15) is 0 Å². The summed E-state index contributed by atoms with van der Waals surface area (Å²) in [4.78, 5) is 28.6. The highest BCUT2D eigenvalue weighted by Gasteiger charge is 2.17. The smallest absolute Gasteiger partial charge is 0.294 e. The van der Waals surface area contributed by atoms with Gasteiger partial charge in [-0.25, -0.2) is 5.48 Å². The Hall–Kier alpha value is -3.97. The number of para-hydroxylation sites is 1. The summed E-state index contributed by atoms with van der Waals surface area (Å²) in [6.45, 7) is 0.210. The monoisotopic (exact) mass is 387 g/mol. The van der Waals surface area contributed by atoms with Gasteiger partial charge in [0.2, 0.25) is 0 Å². The minimum atomic E-state index is -0.613. The molecule has 29 heavy (non-hydrogen) atoms. The number of pyridine rings is 2. The molecule has 4 rings (SSSR count). The normalized spacial score (nSPS) is 10.8. The zero-order valence-corrected chi connectivity index (χ0v) is 15.2. The van der Waals surface area contributed by atoms with Crippen molar-refractivity contribution in [2.45, 2.75) is 6.54 Å². The van der Waals surface area contributed by atoms with Gasteiger partial charge < -0.3 is 9.67 Å². The van der Waals surface area contributed by atoms with Gasteiger partial charge in [-0.05, 0) is 29.8 Å². The molecule has 2 aromatic heterocycles. The van der Waals surface area contributed by atoms with Crippen LogP contribution in [0.4, 0.5) is 0 Å². The van der Waals surface area contributed by atoms with Crippen LogP contribution >= 0.6 is 0 Å². The van der Waals surface area contributed by atoms with Crippen molar-refractivity contribution >= 4 is 16.8 Å². The average molecular weight is 387 g/mol. The topological polar surface area (TPSA) is 104 Å². The molecule has 0 bridgehead atoms. The van der Waals surface area contributed by atoms with Crippen LogP contribution in [0.15, 0.2) is 77.9 Å². The molecular weight excluding hydrogens is 370 g/mol. The van der Waals surface area contributed by atoms with Crippen LogP contribution in [0.3, 0.4) is 0 Å². The number of nitrogens with zero attached hydrogens (tertiary/aromatic N) is 2. The van der Waals surface area contributed by atoms with E-state index in [0.717, 1.165) is 10.9 Å². The van der Waals surface area contributed by atoms with Gasteiger partial charge in [-0.15, -0.1) is 0 Å². The van der Waals surface area contributed by atoms with Crippen LogP contribution in [0.5, 0.6) is 5.75 Å². The lowest BCUT2D eigenvalue weighted by Crippen LogP contribution is -2.22. The number of benzene rings is 2. The Bertz CT molecular complexity index is 1250. The van der Waals surface area contributed by atoms with E-state index in [1.165, 1.54) is 4.57 Å². The van der Waals surface area contributed by atoms with E-state index in [9.17, 15) is 14.7 Å². The summed E-state index contributed by atoms with van der Waals surface area (Å²) in [7, 11) is 0. The number of hydrogen-bond acceptors (Lipinski definition) is 5. The lowest BCUT2D eigenvalue weighted by Gasteiger charge is -2.15. The van der Waals surface area contributed by atoms with Crippen molar-refractivity contribution in [2.75, 3.05) is 0 Å². The summed E-state index contributed by atoms with van der Waals surface area (Å²) >= 11 is 0. The molecule has 144 valence electrons. The van der Waals surface area contributed by atoms with Gasteiger partial charge in [0, 0.05) is 34.5 Å². The fraction of sp³-hybridized carbons (Fsp3) is 0.0455. The number of rotatable bonds is 4. The zero-order chi connectivity index (χ0) is 20.4. The van der Waals surface area contributed by atoms with E-state index in [4.69, 9.17) is 5.21 Å². The van der Waals surface area contributed by atoms with Crippen molar-refractivity contribution in [1.82, 2.24) is 15.0 Å². The second kappa shape index (κ2) is 7.57. The maximum absolute atomic E-state index is 13.0. The minimum Gasteiger partial charge on any atom is -0.503 e. The van der Waals surface area contributed by atoms with Crippen LogP contribution in [-0.2, 0) is 6.54 Å². The number of aromatic hydroxyl groups is 1. The molecule has 0 aliphatic heterocycles. The summed E-state index contributed by atoms with van der Waals surface area (Å²) in [5, 5.41) is 20.2. The fourth-order valence-corrected chi connectivity index (χ4v) is 3.36. The lowest BCUT2D eigenvalue weighted by atomic mass is 10.0. The quantitative estimate of drug-likeness (QED) is 0.369. The van der Waals surface area contributed by atoms with Gasteiger partial charge in [-0.2, -0.15) is 0 Å². The van der Waals surface area contributed by atoms with Crippen molar-refractivity contribution in [1.29, 1.82) is 0 Å². The molecule has 0 unspecified atom stereocenters. The maximum atomic E-state index is 13.0. The molecule has 0 aliphatic rings. The third-order valence-corrected chi connectivity index (χ3v) is 4.76. The SMILES string of the molecule is O=C(NO)c1ccc(Cn2c(=O)c(O)c(-c3cccnc3)c3ccccc32)cc1. The second-order valence-corrected chi connectivity index (χ2v) is 6.51. The number of nitrogens with one attached hydrogen (secondary N) is 1. The van der Waals surface area contributed by atoms with Crippen molar-refractivity contribution in [2.24, 2.45) is 0 Å². The maximum Gasteiger partial charge on any atom is 0.294 e. The summed E-state index contributed by atoms with van der Waals surface area (Å²) in [5.41, 5.74) is 3.90. The number of hydrogen-bond donors (Lipinski definition) is 3. The van der Waals surface area contributed by atoms with Crippen LogP contribution in [0.2, 0.25) is 0 Å². The molecule has 2 heterocycles. The minimum absolute atomic E-state index is 0.210. The predicted molar refractivity (Wildman–Crippen MR) is 108 cm³/mol. The van der Waals surface area contributed by atoms with E-state index in [0.29, 0.717) is 22.2 Å². The molecule has 0 fully saturated rings. The first-order valence-corrected chi connectivity index (χ1v) is 8.88. The Morgan fingerprint density at radius 1 is 1.03 bits per heavy atom. The third-order valence-electron chi connectivity index (χ3n) is 4.76. The molecule has 7 heteroatoms. The van der Waals surface area contributed by atoms with Crippen LogP contribution < -0.4 is 11.0 Å². The second-order valence-electron chi connectivity index (χ2n) is 6.51. The molecule has 4 aromatic rings. The molecule has 0 spiro atoms. The fourth-order valence-electron chi connectivity index (χ4n) is 3.36. The van der Waals surface area contributed by atoms with E-state index < -0.39 is 11.5 Å². The molecule has 0 saturated heterocycles. The van der Waals surface area contributed by atoms with E-state index in [2.05, 4.69) is 4.98 Å². The first kappa shape index (κ1) is 18.4. The molecule has 1 amide bonds. The average Bonchev–Trinajstić information content (AvgIpc) is 2.77. The summed E-state index contributed by atoms with van der Waals surface area (Å²) in [6.07, 6.45) is 3.24. The molecular formula is C22H17N3O4. The van der Waals surface area contributed by atoms with E-state index in [1.807, 2.05) is 24.3 Å². The standard InChI is InChI=1S/C22H17N3O4/c26-20-19(16-4-3-11-23-12-16)17-5-1-2-6-18(17)25(22(20)28)13-14-7-9-15(10-8-14)21(27)24-29/h1-12,26,29H,13H2,(H,24,27). The van der Waals surface area contributed by atoms with Crippen LogP contribution in [0.25, 0.3) is 22.0 Å². The van der Waals surface area contributed by atoms with Gasteiger partial charge >= 0.3 is 0 Å². The lowest BCUT2D eigenvalue weighted by molar-refractivity contribution is 0.0706. The molecule has 0 saturated carbocycles. The Kier molecular flexibility index (Phi) is 4.80. The van der Waals surface area contributed by atoms with Crippen LogP contribution in [0.1, 0.15) is 15.9 Å². The Balaban J connectivity index is 1.85. The number of carbonyl (C=O) groups is 1. The largest absolute Gasteiger partial charge is 0.503 e.